The van der Waals surface area contributed by atoms with Gasteiger partial charge < -0.3 is 4.74 Å². The van der Waals surface area contributed by atoms with Crippen molar-refractivity contribution in [2.24, 2.45) is 0 Å². The van der Waals surface area contributed by atoms with Crippen LogP contribution in [-0.2, 0) is 0 Å². The summed E-state index contributed by atoms with van der Waals surface area (Å²) in [4.78, 5) is 12.5. The fraction of sp³-hybridized carbons (Fsp3) is 0.278. The standard InChI is InChI=1S/C18H19Cl2O2P.Li/c1-4-12(3)22-13-8-9-16(11(2)10-13)23-18(21)17-14(19)6-5-7-15(17)20;/h5-10,12,23H,4H2,1-3H3;. The smallest absolute Gasteiger partial charge is 0.188 e. The molecule has 2 aromatic carbocycles. The zero-order valence-corrected chi connectivity index (χ0v) is 16.8. The van der Waals surface area contributed by atoms with Gasteiger partial charge in [-0.3, -0.25) is 4.79 Å². The van der Waals surface area contributed by atoms with Crippen molar-refractivity contribution < 1.29 is 9.53 Å². The maximum Gasteiger partial charge on any atom is 0.188 e. The van der Waals surface area contributed by atoms with Crippen LogP contribution in [0.4, 0.5) is 0 Å². The Balaban J connectivity index is 0.00000288. The van der Waals surface area contributed by atoms with Crippen molar-refractivity contribution in [2.75, 3.05) is 0 Å². The number of ether oxygens (including phenoxy) is 1. The number of hydrogen-bond acceptors (Lipinski definition) is 2. The van der Waals surface area contributed by atoms with Crippen molar-refractivity contribution in [1.29, 1.82) is 0 Å². The Morgan fingerprint density at radius 2 is 1.83 bits per heavy atom. The van der Waals surface area contributed by atoms with E-state index < -0.39 is 0 Å². The SMILES string of the molecule is CCC(C)Oc1ccc(PC(=O)c2c(Cl)cccc2Cl)c(C)c1.[Li]. The van der Waals surface area contributed by atoms with Crippen LogP contribution in [0.1, 0.15) is 36.2 Å². The van der Waals surface area contributed by atoms with Gasteiger partial charge in [-0.05, 0) is 64.0 Å². The Morgan fingerprint density at radius 3 is 2.38 bits per heavy atom. The number of carbonyl (C=O) groups excluding carboxylic acids is 1. The number of carbonyl (C=O) groups is 1. The van der Waals surface area contributed by atoms with E-state index in [0.717, 1.165) is 23.0 Å². The molecule has 2 rings (SSSR count). The molecule has 123 valence electrons. The summed E-state index contributed by atoms with van der Waals surface area (Å²) in [5, 5.41) is 1.76. The van der Waals surface area contributed by atoms with Crippen LogP contribution in [0.25, 0.3) is 0 Å². The Bertz CT molecular complexity index is 702. The van der Waals surface area contributed by atoms with Crippen molar-refractivity contribution in [3.05, 3.63) is 57.6 Å². The van der Waals surface area contributed by atoms with E-state index in [9.17, 15) is 4.79 Å². The van der Waals surface area contributed by atoms with Crippen molar-refractivity contribution in [3.63, 3.8) is 0 Å². The first-order chi connectivity index (χ1) is 10.9. The zero-order chi connectivity index (χ0) is 17.0. The normalized spacial score (nSPS) is 12.0. The Labute approximate surface area is 167 Å². The van der Waals surface area contributed by atoms with Crippen molar-refractivity contribution in [1.82, 2.24) is 0 Å². The molecule has 0 saturated heterocycles. The van der Waals surface area contributed by atoms with Gasteiger partial charge >= 0.3 is 0 Å². The number of rotatable bonds is 6. The van der Waals surface area contributed by atoms with Crippen molar-refractivity contribution in [3.8, 4) is 5.75 Å². The van der Waals surface area contributed by atoms with E-state index in [2.05, 4.69) is 6.92 Å². The molecule has 0 bridgehead atoms. The Kier molecular flexibility index (Phi) is 8.86. The molecule has 0 aliphatic heterocycles. The first-order valence-corrected chi connectivity index (χ1v) is 9.20. The van der Waals surface area contributed by atoms with Crippen molar-refractivity contribution in [2.45, 2.75) is 33.3 Å². The third-order valence-corrected chi connectivity index (χ3v) is 5.49. The first kappa shape index (κ1) is 21.6. The average molecular weight is 376 g/mol. The molecule has 0 amide bonds. The third-order valence-electron chi connectivity index (χ3n) is 3.55. The molecule has 24 heavy (non-hydrogen) atoms. The van der Waals surface area contributed by atoms with E-state index in [1.165, 1.54) is 0 Å². The molecule has 2 unspecified atom stereocenters. The van der Waals surface area contributed by atoms with Crippen LogP contribution in [0.15, 0.2) is 36.4 Å². The molecule has 2 aromatic rings. The van der Waals surface area contributed by atoms with Gasteiger partial charge in [0.05, 0.1) is 21.7 Å². The van der Waals surface area contributed by atoms with Crippen LogP contribution in [0.3, 0.4) is 0 Å². The maximum atomic E-state index is 12.5. The molecule has 0 heterocycles. The number of aryl methyl sites for hydroxylation is 1. The second-order valence-electron chi connectivity index (χ2n) is 5.36. The molecule has 1 radical (unpaired) electrons. The van der Waals surface area contributed by atoms with Gasteiger partial charge in [0.15, 0.2) is 5.52 Å². The Morgan fingerprint density at radius 1 is 1.21 bits per heavy atom. The van der Waals surface area contributed by atoms with Crippen LogP contribution in [0.5, 0.6) is 5.75 Å². The number of halogens is 2. The molecule has 0 aliphatic carbocycles. The summed E-state index contributed by atoms with van der Waals surface area (Å²) < 4.78 is 5.80. The molecular weight excluding hydrogens is 357 g/mol. The molecule has 0 fully saturated rings. The predicted octanol–water partition coefficient (Wildman–Crippen LogP) is 5.24. The molecule has 0 aliphatic rings. The van der Waals surface area contributed by atoms with E-state index in [-0.39, 0.29) is 39.1 Å². The maximum absolute atomic E-state index is 12.5. The Hall–Kier alpha value is -0.483. The van der Waals surface area contributed by atoms with Crippen LogP contribution in [-0.4, -0.2) is 30.5 Å². The monoisotopic (exact) mass is 375 g/mol. The van der Waals surface area contributed by atoms with Crippen LogP contribution >= 0.6 is 31.8 Å². The number of hydrogen-bond donors (Lipinski definition) is 0. The van der Waals surface area contributed by atoms with Crippen LogP contribution in [0, 0.1) is 6.92 Å². The second kappa shape index (κ2) is 9.86. The van der Waals surface area contributed by atoms with E-state index in [1.807, 2.05) is 32.0 Å². The number of benzene rings is 2. The van der Waals surface area contributed by atoms with Crippen LogP contribution in [0.2, 0.25) is 10.0 Å². The fourth-order valence-corrected chi connectivity index (χ4v) is 3.87. The zero-order valence-electron chi connectivity index (χ0n) is 14.3. The summed E-state index contributed by atoms with van der Waals surface area (Å²) >= 11 is 12.2. The molecular formula is C18H19Cl2LiO2P. The third kappa shape index (κ3) is 5.52. The topological polar surface area (TPSA) is 26.3 Å². The van der Waals surface area contributed by atoms with Gasteiger partial charge in [0.1, 0.15) is 5.75 Å². The van der Waals surface area contributed by atoms with Crippen molar-refractivity contribution >= 4 is 61.5 Å². The van der Waals surface area contributed by atoms with Gasteiger partial charge in [-0.2, -0.15) is 0 Å². The summed E-state index contributed by atoms with van der Waals surface area (Å²) in [6.07, 6.45) is 1.12. The molecule has 0 aromatic heterocycles. The van der Waals surface area contributed by atoms with Crippen LogP contribution < -0.4 is 10.0 Å². The van der Waals surface area contributed by atoms with E-state index >= 15 is 0 Å². The minimum atomic E-state index is -0.0562. The largest absolute Gasteiger partial charge is 0.491 e. The van der Waals surface area contributed by atoms with E-state index in [1.54, 1.807) is 18.2 Å². The molecule has 2 nitrogen and oxygen atoms in total. The van der Waals surface area contributed by atoms with Gasteiger partial charge in [0.25, 0.3) is 0 Å². The quantitative estimate of drug-likeness (QED) is 0.509. The molecule has 0 saturated carbocycles. The average Bonchev–Trinajstić information content (AvgIpc) is 2.49. The molecule has 0 spiro atoms. The van der Waals surface area contributed by atoms with Gasteiger partial charge in [0, 0.05) is 18.9 Å². The molecule has 6 heteroatoms. The summed E-state index contributed by atoms with van der Waals surface area (Å²) in [7, 11) is -0.0235. The summed E-state index contributed by atoms with van der Waals surface area (Å²) in [6.45, 7) is 6.10. The van der Waals surface area contributed by atoms with Gasteiger partial charge in [-0.1, -0.05) is 42.3 Å². The van der Waals surface area contributed by atoms with E-state index in [4.69, 9.17) is 27.9 Å². The molecule has 0 N–H and O–H groups in total. The van der Waals surface area contributed by atoms with Gasteiger partial charge in [-0.25, -0.2) is 0 Å². The predicted molar refractivity (Wildman–Crippen MR) is 106 cm³/mol. The van der Waals surface area contributed by atoms with E-state index in [0.29, 0.717) is 15.6 Å². The molecule has 2 atom stereocenters. The minimum Gasteiger partial charge on any atom is -0.491 e. The van der Waals surface area contributed by atoms with Gasteiger partial charge in [0.2, 0.25) is 0 Å². The first-order valence-electron chi connectivity index (χ1n) is 7.45. The minimum absolute atomic E-state index is 0. The summed E-state index contributed by atoms with van der Waals surface area (Å²) in [6, 6.07) is 10.9. The summed E-state index contributed by atoms with van der Waals surface area (Å²) in [5.41, 5.74) is 1.37. The fourth-order valence-electron chi connectivity index (χ4n) is 2.06. The van der Waals surface area contributed by atoms with Gasteiger partial charge in [-0.15, -0.1) is 0 Å². The second-order valence-corrected chi connectivity index (χ2v) is 7.42. The summed E-state index contributed by atoms with van der Waals surface area (Å²) in [5.74, 6) is 0.827.